The number of fused-ring (bicyclic) bond motifs is 1. The number of halogens is 1. The number of aryl methyl sites for hydroxylation is 2. The second kappa shape index (κ2) is 6.04. The van der Waals surface area contributed by atoms with Crippen molar-refractivity contribution >= 4 is 11.6 Å². The molecule has 1 N–H and O–H groups in total. The summed E-state index contributed by atoms with van der Waals surface area (Å²) in [6.45, 7) is 9.61. The van der Waals surface area contributed by atoms with Gasteiger partial charge < -0.3 is 5.32 Å². The first-order chi connectivity index (χ1) is 9.74. The molecular formula is C15H25ClN4. The lowest BCUT2D eigenvalue weighted by atomic mass is 9.92. The summed E-state index contributed by atoms with van der Waals surface area (Å²) in [5.41, 5.74) is 2.25. The van der Waals surface area contributed by atoms with Gasteiger partial charge in [0.2, 0.25) is 0 Å². The average molecular weight is 297 g/mol. The Kier molecular flexibility index (Phi) is 4.34. The minimum Gasteiger partial charge on any atom is -0.315 e. The Labute approximate surface area is 126 Å². The van der Waals surface area contributed by atoms with Gasteiger partial charge in [-0.2, -0.15) is 5.10 Å². The topological polar surface area (TPSA) is 33.1 Å². The van der Waals surface area contributed by atoms with Crippen LogP contribution in [-0.2, 0) is 19.5 Å². The van der Waals surface area contributed by atoms with Gasteiger partial charge in [-0.1, -0.05) is 18.5 Å². The lowest BCUT2D eigenvalue weighted by Gasteiger charge is -2.37. The highest BCUT2D eigenvalue weighted by Gasteiger charge is 2.35. The van der Waals surface area contributed by atoms with Crippen molar-refractivity contribution in [3.63, 3.8) is 0 Å². The molecule has 0 bridgehead atoms. The third-order valence-electron chi connectivity index (χ3n) is 4.84. The first-order valence-electron chi connectivity index (χ1n) is 7.93. The highest BCUT2D eigenvalue weighted by molar-refractivity contribution is 6.31. The molecule has 3 rings (SSSR count). The van der Waals surface area contributed by atoms with Gasteiger partial charge in [0.25, 0.3) is 0 Å². The predicted molar refractivity (Wildman–Crippen MR) is 82.1 cm³/mol. The third-order valence-corrected chi connectivity index (χ3v) is 5.28. The molecule has 0 aliphatic carbocycles. The quantitative estimate of drug-likeness (QED) is 0.925. The Morgan fingerprint density at radius 3 is 2.95 bits per heavy atom. The van der Waals surface area contributed by atoms with Crippen LogP contribution in [0.2, 0.25) is 5.02 Å². The number of nitrogens with zero attached hydrogens (tertiary/aromatic N) is 3. The molecule has 2 saturated heterocycles. The van der Waals surface area contributed by atoms with Crippen LogP contribution in [0.25, 0.3) is 0 Å². The number of nitrogens with one attached hydrogen (secondary N) is 1. The highest BCUT2D eigenvalue weighted by Crippen LogP contribution is 2.30. The summed E-state index contributed by atoms with van der Waals surface area (Å²) < 4.78 is 2.09. The van der Waals surface area contributed by atoms with E-state index in [1.54, 1.807) is 0 Å². The molecule has 0 aromatic carbocycles. The molecule has 0 radical (unpaired) electrons. The van der Waals surface area contributed by atoms with Crippen LogP contribution in [0.3, 0.4) is 0 Å². The van der Waals surface area contributed by atoms with E-state index in [9.17, 15) is 0 Å². The van der Waals surface area contributed by atoms with E-state index in [0.717, 1.165) is 42.7 Å². The average Bonchev–Trinajstić information content (AvgIpc) is 3.05. The lowest BCUT2D eigenvalue weighted by Crippen LogP contribution is -2.44. The summed E-state index contributed by atoms with van der Waals surface area (Å²) >= 11 is 6.54. The van der Waals surface area contributed by atoms with Crippen molar-refractivity contribution in [1.29, 1.82) is 0 Å². The summed E-state index contributed by atoms with van der Waals surface area (Å²) in [5, 5.41) is 9.07. The summed E-state index contributed by atoms with van der Waals surface area (Å²) in [6, 6.07) is 0.685. The van der Waals surface area contributed by atoms with Gasteiger partial charge >= 0.3 is 0 Å². The SMILES string of the molecule is CCc1nn(CC)c(CN2CCCC3CNCC32)c1Cl. The van der Waals surface area contributed by atoms with Crippen molar-refractivity contribution in [3.8, 4) is 0 Å². The molecule has 5 heteroatoms. The zero-order valence-corrected chi connectivity index (χ0v) is 13.3. The van der Waals surface area contributed by atoms with Crippen LogP contribution >= 0.6 is 11.6 Å². The molecule has 2 unspecified atom stereocenters. The van der Waals surface area contributed by atoms with Crippen molar-refractivity contribution in [3.05, 3.63) is 16.4 Å². The van der Waals surface area contributed by atoms with E-state index in [-0.39, 0.29) is 0 Å². The number of aromatic nitrogens is 2. The fourth-order valence-corrected chi connectivity index (χ4v) is 4.05. The molecule has 0 amide bonds. The van der Waals surface area contributed by atoms with E-state index in [4.69, 9.17) is 11.6 Å². The predicted octanol–water partition coefficient (Wildman–Crippen LogP) is 2.30. The lowest BCUT2D eigenvalue weighted by molar-refractivity contribution is 0.114. The van der Waals surface area contributed by atoms with Crippen LogP contribution < -0.4 is 5.32 Å². The van der Waals surface area contributed by atoms with E-state index in [0.29, 0.717) is 6.04 Å². The van der Waals surface area contributed by atoms with Crippen LogP contribution in [0.4, 0.5) is 0 Å². The van der Waals surface area contributed by atoms with Crippen LogP contribution in [0.5, 0.6) is 0 Å². The molecule has 112 valence electrons. The Bertz CT molecular complexity index is 471. The highest BCUT2D eigenvalue weighted by atomic mass is 35.5. The third kappa shape index (κ3) is 2.49. The van der Waals surface area contributed by atoms with Crippen molar-refractivity contribution in [1.82, 2.24) is 20.0 Å². The molecule has 4 nitrogen and oxygen atoms in total. The van der Waals surface area contributed by atoms with Gasteiger partial charge in [-0.3, -0.25) is 9.58 Å². The fourth-order valence-electron chi connectivity index (χ4n) is 3.72. The van der Waals surface area contributed by atoms with Gasteiger partial charge in [-0.15, -0.1) is 0 Å². The van der Waals surface area contributed by atoms with Crippen molar-refractivity contribution < 1.29 is 0 Å². The first-order valence-corrected chi connectivity index (χ1v) is 8.31. The fraction of sp³-hybridized carbons (Fsp3) is 0.800. The van der Waals surface area contributed by atoms with Crippen LogP contribution in [0, 0.1) is 5.92 Å². The summed E-state index contributed by atoms with van der Waals surface area (Å²) in [6.07, 6.45) is 3.59. The number of likely N-dealkylation sites (tertiary alicyclic amines) is 1. The zero-order valence-electron chi connectivity index (χ0n) is 12.5. The molecule has 0 saturated carbocycles. The number of piperidine rings is 1. The Morgan fingerprint density at radius 2 is 2.20 bits per heavy atom. The minimum absolute atomic E-state index is 0.685. The maximum atomic E-state index is 6.54. The monoisotopic (exact) mass is 296 g/mol. The summed E-state index contributed by atoms with van der Waals surface area (Å²) in [4.78, 5) is 2.61. The molecular weight excluding hydrogens is 272 g/mol. The Morgan fingerprint density at radius 1 is 1.35 bits per heavy atom. The van der Waals surface area contributed by atoms with Crippen LogP contribution in [0.15, 0.2) is 0 Å². The van der Waals surface area contributed by atoms with Gasteiger partial charge in [0.15, 0.2) is 0 Å². The van der Waals surface area contributed by atoms with Crippen molar-refractivity contribution in [2.75, 3.05) is 19.6 Å². The molecule has 2 aliphatic rings. The second-order valence-corrected chi connectivity index (χ2v) is 6.35. The van der Waals surface area contributed by atoms with Crippen LogP contribution in [0.1, 0.15) is 38.1 Å². The van der Waals surface area contributed by atoms with Gasteiger partial charge in [0.05, 0.1) is 16.4 Å². The maximum absolute atomic E-state index is 6.54. The van der Waals surface area contributed by atoms with E-state index < -0.39 is 0 Å². The van der Waals surface area contributed by atoms with Gasteiger partial charge in [-0.25, -0.2) is 0 Å². The largest absolute Gasteiger partial charge is 0.315 e. The number of rotatable bonds is 4. The van der Waals surface area contributed by atoms with E-state index in [2.05, 4.69) is 33.8 Å². The second-order valence-electron chi connectivity index (χ2n) is 5.98. The maximum Gasteiger partial charge on any atom is 0.0863 e. The van der Waals surface area contributed by atoms with Gasteiger partial charge in [0.1, 0.15) is 0 Å². The van der Waals surface area contributed by atoms with Crippen molar-refractivity contribution in [2.45, 2.75) is 52.2 Å². The minimum atomic E-state index is 0.685. The summed E-state index contributed by atoms with van der Waals surface area (Å²) in [5.74, 6) is 0.825. The number of hydrogen-bond acceptors (Lipinski definition) is 3. The molecule has 3 heterocycles. The van der Waals surface area contributed by atoms with E-state index in [1.165, 1.54) is 31.6 Å². The van der Waals surface area contributed by atoms with Crippen LogP contribution in [-0.4, -0.2) is 40.4 Å². The molecule has 2 atom stereocenters. The Hall–Kier alpha value is -0.580. The normalized spacial score (nSPS) is 26.9. The number of hydrogen-bond donors (Lipinski definition) is 1. The van der Waals surface area contributed by atoms with Crippen molar-refractivity contribution in [2.24, 2.45) is 5.92 Å². The molecule has 1 aromatic rings. The zero-order chi connectivity index (χ0) is 14.1. The van der Waals surface area contributed by atoms with E-state index in [1.807, 2.05) is 0 Å². The molecule has 2 fully saturated rings. The summed E-state index contributed by atoms with van der Waals surface area (Å²) in [7, 11) is 0. The molecule has 0 spiro atoms. The smallest absolute Gasteiger partial charge is 0.0863 e. The van der Waals surface area contributed by atoms with Gasteiger partial charge in [-0.05, 0) is 45.2 Å². The molecule has 2 aliphatic heterocycles. The molecule has 20 heavy (non-hydrogen) atoms. The molecule has 1 aromatic heterocycles. The Balaban J connectivity index is 1.81. The van der Waals surface area contributed by atoms with E-state index >= 15 is 0 Å². The first kappa shape index (κ1) is 14.4. The van der Waals surface area contributed by atoms with Gasteiger partial charge in [0, 0.05) is 25.7 Å². The standard InChI is InChI=1S/C15H25ClN4/c1-3-12-15(16)14(20(4-2)18-12)10-19-7-5-6-11-8-17-9-13(11)19/h11,13,17H,3-10H2,1-2H3.